The van der Waals surface area contributed by atoms with Crippen LogP contribution in [-0.2, 0) is 11.3 Å². The number of rotatable bonds is 3. The third kappa shape index (κ3) is 3.31. The van der Waals surface area contributed by atoms with Crippen LogP contribution in [0.1, 0.15) is 34.6 Å². The van der Waals surface area contributed by atoms with Crippen molar-refractivity contribution in [2.75, 3.05) is 19.7 Å². The number of benzene rings is 1. The Bertz CT molecular complexity index is 1080. The van der Waals surface area contributed by atoms with Gasteiger partial charge < -0.3 is 14.2 Å². The number of fused-ring (bicyclic) bond motifs is 1. The van der Waals surface area contributed by atoms with E-state index in [0.29, 0.717) is 37.3 Å². The second-order valence-corrected chi connectivity index (χ2v) is 7.00. The molecule has 1 amide bonds. The van der Waals surface area contributed by atoms with Crippen LogP contribution >= 0.6 is 0 Å². The van der Waals surface area contributed by atoms with Crippen molar-refractivity contribution in [3.8, 4) is 0 Å². The maximum Gasteiger partial charge on any atom is 0.259 e. The van der Waals surface area contributed by atoms with Crippen LogP contribution in [0.3, 0.4) is 0 Å². The van der Waals surface area contributed by atoms with Gasteiger partial charge in [0.05, 0.1) is 18.5 Å². The van der Waals surface area contributed by atoms with Crippen LogP contribution in [0.15, 0.2) is 53.5 Å². The molecule has 0 bridgehead atoms. The molecule has 1 aliphatic heterocycles. The maximum absolute atomic E-state index is 13.2. The van der Waals surface area contributed by atoms with Gasteiger partial charge in [-0.1, -0.05) is 30.3 Å². The Morgan fingerprint density at radius 3 is 2.75 bits per heavy atom. The van der Waals surface area contributed by atoms with Crippen molar-refractivity contribution in [3.05, 3.63) is 75.7 Å². The molecular formula is C22H23N3O3. The number of carbonyl (C=O) groups is 1. The van der Waals surface area contributed by atoms with Gasteiger partial charge in [0.15, 0.2) is 0 Å². The fraction of sp³-hybridized carbons (Fsp3) is 0.318. The van der Waals surface area contributed by atoms with Gasteiger partial charge >= 0.3 is 0 Å². The van der Waals surface area contributed by atoms with Crippen molar-refractivity contribution >= 4 is 16.9 Å². The molecule has 6 nitrogen and oxygen atoms in total. The second-order valence-electron chi connectivity index (χ2n) is 7.00. The van der Waals surface area contributed by atoms with E-state index in [1.807, 2.05) is 48.7 Å². The van der Waals surface area contributed by atoms with Crippen LogP contribution in [0.5, 0.6) is 0 Å². The van der Waals surface area contributed by atoms with E-state index in [9.17, 15) is 9.59 Å². The van der Waals surface area contributed by atoms with Crippen molar-refractivity contribution < 1.29 is 9.53 Å². The van der Waals surface area contributed by atoms with Gasteiger partial charge in [-0.2, -0.15) is 0 Å². The summed E-state index contributed by atoms with van der Waals surface area (Å²) in [6, 6.07) is 13.4. The van der Waals surface area contributed by atoms with Gasteiger partial charge in [0.2, 0.25) is 5.43 Å². The fourth-order valence-electron chi connectivity index (χ4n) is 3.63. The molecule has 0 unspecified atom stereocenters. The van der Waals surface area contributed by atoms with E-state index in [0.717, 1.165) is 11.3 Å². The molecule has 6 heteroatoms. The van der Waals surface area contributed by atoms with Crippen molar-refractivity contribution in [2.24, 2.45) is 0 Å². The molecule has 1 saturated heterocycles. The molecule has 0 radical (unpaired) electrons. The highest BCUT2D eigenvalue weighted by molar-refractivity contribution is 5.97. The van der Waals surface area contributed by atoms with E-state index >= 15 is 0 Å². The molecule has 0 aliphatic carbocycles. The van der Waals surface area contributed by atoms with Crippen LogP contribution in [0.4, 0.5) is 0 Å². The van der Waals surface area contributed by atoms with Crippen LogP contribution in [0.2, 0.25) is 0 Å². The first-order valence-corrected chi connectivity index (χ1v) is 9.55. The summed E-state index contributed by atoms with van der Waals surface area (Å²) in [5.41, 5.74) is 2.41. The smallest absolute Gasteiger partial charge is 0.259 e. The molecule has 0 N–H and O–H groups in total. The SMILES string of the molecule is CCn1cc(C(=O)N2CCO[C@@H](c3ccccc3)C2)c(=O)c2ccc(C)nc21. The third-order valence-corrected chi connectivity index (χ3v) is 5.16. The Hall–Kier alpha value is -2.99. The number of pyridine rings is 2. The highest BCUT2D eigenvalue weighted by atomic mass is 16.5. The van der Waals surface area contributed by atoms with Crippen molar-refractivity contribution in [2.45, 2.75) is 26.5 Å². The molecular weight excluding hydrogens is 354 g/mol. The summed E-state index contributed by atoms with van der Waals surface area (Å²) >= 11 is 0. The predicted molar refractivity (Wildman–Crippen MR) is 107 cm³/mol. The van der Waals surface area contributed by atoms with Crippen LogP contribution in [-0.4, -0.2) is 40.1 Å². The lowest BCUT2D eigenvalue weighted by Gasteiger charge is -2.33. The number of aromatic nitrogens is 2. The first-order valence-electron chi connectivity index (χ1n) is 9.55. The van der Waals surface area contributed by atoms with E-state index < -0.39 is 0 Å². The van der Waals surface area contributed by atoms with Gasteiger partial charge in [-0.25, -0.2) is 4.98 Å². The average molecular weight is 377 g/mol. The molecule has 2 aromatic heterocycles. The minimum Gasteiger partial charge on any atom is -0.370 e. The molecule has 144 valence electrons. The Balaban J connectivity index is 1.70. The Morgan fingerprint density at radius 2 is 2.00 bits per heavy atom. The Morgan fingerprint density at radius 1 is 1.21 bits per heavy atom. The number of hydrogen-bond donors (Lipinski definition) is 0. The number of carbonyl (C=O) groups excluding carboxylic acids is 1. The minimum absolute atomic E-state index is 0.183. The van der Waals surface area contributed by atoms with Crippen LogP contribution in [0.25, 0.3) is 11.0 Å². The van der Waals surface area contributed by atoms with Gasteiger partial charge in [-0.05, 0) is 31.5 Å². The lowest BCUT2D eigenvalue weighted by Crippen LogP contribution is -2.43. The zero-order valence-electron chi connectivity index (χ0n) is 16.1. The Kier molecular flexibility index (Phi) is 4.96. The van der Waals surface area contributed by atoms with Gasteiger partial charge in [0.1, 0.15) is 17.3 Å². The lowest BCUT2D eigenvalue weighted by atomic mass is 10.1. The zero-order chi connectivity index (χ0) is 19.7. The molecule has 1 fully saturated rings. The summed E-state index contributed by atoms with van der Waals surface area (Å²) in [4.78, 5) is 32.4. The second kappa shape index (κ2) is 7.56. The molecule has 28 heavy (non-hydrogen) atoms. The van der Waals surface area contributed by atoms with E-state index in [1.165, 1.54) is 0 Å². The summed E-state index contributed by atoms with van der Waals surface area (Å²) < 4.78 is 7.72. The quantitative estimate of drug-likeness (QED) is 0.704. The fourth-order valence-corrected chi connectivity index (χ4v) is 3.63. The summed E-state index contributed by atoms with van der Waals surface area (Å²) in [5, 5.41) is 0.478. The number of nitrogens with zero attached hydrogens (tertiary/aromatic N) is 3. The largest absolute Gasteiger partial charge is 0.370 e. The Labute approximate surface area is 163 Å². The van der Waals surface area contributed by atoms with E-state index in [-0.39, 0.29) is 23.0 Å². The molecule has 0 saturated carbocycles. The van der Waals surface area contributed by atoms with Gasteiger partial charge in [-0.15, -0.1) is 0 Å². The first kappa shape index (κ1) is 18.4. The molecule has 4 rings (SSSR count). The van der Waals surface area contributed by atoms with Gasteiger partial charge in [0.25, 0.3) is 5.91 Å². The lowest BCUT2D eigenvalue weighted by molar-refractivity contribution is -0.0228. The maximum atomic E-state index is 13.2. The number of ether oxygens (including phenoxy) is 1. The predicted octanol–water partition coefficient (Wildman–Crippen LogP) is 2.94. The molecule has 1 aliphatic rings. The topological polar surface area (TPSA) is 64.4 Å². The van der Waals surface area contributed by atoms with Crippen LogP contribution in [0, 0.1) is 6.92 Å². The van der Waals surface area contributed by atoms with E-state index in [4.69, 9.17) is 4.74 Å². The molecule has 3 aromatic rings. The zero-order valence-corrected chi connectivity index (χ0v) is 16.1. The number of amides is 1. The van der Waals surface area contributed by atoms with Crippen LogP contribution < -0.4 is 5.43 Å². The first-order chi connectivity index (χ1) is 13.6. The summed E-state index contributed by atoms with van der Waals surface area (Å²) in [6.45, 7) is 5.84. The third-order valence-electron chi connectivity index (χ3n) is 5.16. The highest BCUT2D eigenvalue weighted by Gasteiger charge is 2.28. The van der Waals surface area contributed by atoms with Gasteiger partial charge in [0, 0.05) is 25.0 Å². The molecule has 3 heterocycles. The standard InChI is InChI=1S/C22H23N3O3/c1-3-24-13-18(20(26)17-10-9-15(2)23-21(17)24)22(27)25-11-12-28-19(14-25)16-7-5-4-6-8-16/h4-10,13,19H,3,11-12,14H2,1-2H3/t19-/m1/s1. The number of hydrogen-bond acceptors (Lipinski definition) is 4. The van der Waals surface area contributed by atoms with Crippen molar-refractivity contribution in [3.63, 3.8) is 0 Å². The average Bonchev–Trinajstić information content (AvgIpc) is 2.74. The normalized spacial score (nSPS) is 17.1. The highest BCUT2D eigenvalue weighted by Crippen LogP contribution is 2.23. The summed E-state index contributed by atoms with van der Waals surface area (Å²) in [5.74, 6) is -0.251. The van der Waals surface area contributed by atoms with Crippen molar-refractivity contribution in [1.82, 2.24) is 14.5 Å². The van der Waals surface area contributed by atoms with E-state index in [1.54, 1.807) is 23.2 Å². The molecule has 1 atom stereocenters. The van der Waals surface area contributed by atoms with Crippen molar-refractivity contribution in [1.29, 1.82) is 0 Å². The number of aryl methyl sites for hydroxylation is 2. The molecule has 1 aromatic carbocycles. The summed E-state index contributed by atoms with van der Waals surface area (Å²) in [7, 11) is 0. The van der Waals surface area contributed by atoms with Gasteiger partial charge in [-0.3, -0.25) is 9.59 Å². The van der Waals surface area contributed by atoms with E-state index in [2.05, 4.69) is 4.98 Å². The monoisotopic (exact) mass is 377 g/mol. The summed E-state index contributed by atoms with van der Waals surface area (Å²) in [6.07, 6.45) is 1.46. The molecule has 0 spiro atoms. The number of morpholine rings is 1. The minimum atomic E-state index is -0.264.